The third-order valence-electron chi connectivity index (χ3n) is 2.68. The first-order valence-electron chi connectivity index (χ1n) is 5.95. The van der Waals surface area contributed by atoms with Crippen molar-refractivity contribution in [2.45, 2.75) is 13.8 Å². The quantitative estimate of drug-likeness (QED) is 0.571. The van der Waals surface area contributed by atoms with Crippen molar-refractivity contribution < 1.29 is 0 Å². The zero-order chi connectivity index (χ0) is 12.8. The van der Waals surface area contributed by atoms with Crippen LogP contribution in [0.1, 0.15) is 23.6 Å². The summed E-state index contributed by atoms with van der Waals surface area (Å²) in [5, 5.41) is 8.31. The molecule has 0 radical (unpaired) electrons. The molecule has 0 aliphatic rings. The Kier molecular flexibility index (Phi) is 4.02. The van der Waals surface area contributed by atoms with Gasteiger partial charge in [-0.25, -0.2) is 0 Å². The third kappa shape index (κ3) is 3.39. The van der Waals surface area contributed by atoms with Crippen molar-refractivity contribution >= 4 is 11.9 Å². The molecule has 2 aromatic carbocycles. The maximum atomic E-state index is 4.21. The molecule has 2 heteroatoms. The summed E-state index contributed by atoms with van der Waals surface area (Å²) >= 11 is 0. The summed E-state index contributed by atoms with van der Waals surface area (Å²) < 4.78 is 0. The summed E-state index contributed by atoms with van der Waals surface area (Å²) in [6.07, 6.45) is 1.76. The number of benzene rings is 2. The van der Waals surface area contributed by atoms with Crippen LogP contribution in [0.3, 0.4) is 0 Å². The topological polar surface area (TPSA) is 24.7 Å². The van der Waals surface area contributed by atoms with E-state index in [1.807, 2.05) is 37.3 Å². The summed E-state index contributed by atoms with van der Waals surface area (Å²) in [7, 11) is 0. The molecule has 90 valence electrons. The molecule has 0 amide bonds. The van der Waals surface area contributed by atoms with Crippen LogP contribution in [0.25, 0.3) is 0 Å². The molecule has 0 heterocycles. The summed E-state index contributed by atoms with van der Waals surface area (Å²) in [4.78, 5) is 0. The van der Waals surface area contributed by atoms with Crippen molar-refractivity contribution in [3.05, 3.63) is 71.3 Å². The molecule has 0 N–H and O–H groups in total. The van der Waals surface area contributed by atoms with E-state index in [0.29, 0.717) is 0 Å². The van der Waals surface area contributed by atoms with E-state index in [0.717, 1.165) is 16.8 Å². The summed E-state index contributed by atoms with van der Waals surface area (Å²) in [5.41, 5.74) is 4.32. The lowest BCUT2D eigenvalue weighted by atomic mass is 10.1. The van der Waals surface area contributed by atoms with Crippen molar-refractivity contribution in [3.8, 4) is 0 Å². The minimum absolute atomic E-state index is 0.919. The van der Waals surface area contributed by atoms with Crippen molar-refractivity contribution in [2.24, 2.45) is 10.2 Å². The Hall–Kier alpha value is -2.22. The van der Waals surface area contributed by atoms with Gasteiger partial charge in [0, 0.05) is 0 Å². The van der Waals surface area contributed by atoms with Crippen LogP contribution in [-0.4, -0.2) is 11.9 Å². The Balaban J connectivity index is 2.10. The fourth-order valence-corrected chi connectivity index (χ4v) is 1.57. The molecular weight excluding hydrogens is 220 g/mol. The monoisotopic (exact) mass is 236 g/mol. The second-order valence-electron chi connectivity index (χ2n) is 4.21. The molecule has 0 aliphatic carbocycles. The van der Waals surface area contributed by atoms with Gasteiger partial charge in [-0.1, -0.05) is 60.2 Å². The highest BCUT2D eigenvalue weighted by atomic mass is 15.2. The van der Waals surface area contributed by atoms with Gasteiger partial charge >= 0.3 is 0 Å². The van der Waals surface area contributed by atoms with Gasteiger partial charge in [0.2, 0.25) is 0 Å². The van der Waals surface area contributed by atoms with Crippen LogP contribution in [0, 0.1) is 6.92 Å². The van der Waals surface area contributed by atoms with E-state index in [1.165, 1.54) is 5.56 Å². The molecule has 0 aromatic heterocycles. The Morgan fingerprint density at radius 1 is 0.944 bits per heavy atom. The molecule has 2 rings (SSSR count). The Labute approximate surface area is 108 Å². The largest absolute Gasteiger partial charge is 0.158 e. The Morgan fingerprint density at radius 3 is 2.28 bits per heavy atom. The predicted molar refractivity (Wildman–Crippen MR) is 77.4 cm³/mol. The van der Waals surface area contributed by atoms with Crippen LogP contribution in [0.2, 0.25) is 0 Å². The minimum Gasteiger partial charge on any atom is -0.158 e. The van der Waals surface area contributed by atoms with Crippen LogP contribution < -0.4 is 0 Å². The van der Waals surface area contributed by atoms with Crippen molar-refractivity contribution in [1.82, 2.24) is 0 Å². The summed E-state index contributed by atoms with van der Waals surface area (Å²) in [6.45, 7) is 4.04. The van der Waals surface area contributed by atoms with Gasteiger partial charge in [0.15, 0.2) is 0 Å². The lowest BCUT2D eigenvalue weighted by Crippen LogP contribution is -1.93. The Bertz CT molecular complexity index is 551. The van der Waals surface area contributed by atoms with Gasteiger partial charge in [-0.3, -0.25) is 0 Å². The van der Waals surface area contributed by atoms with E-state index in [1.54, 1.807) is 6.21 Å². The zero-order valence-corrected chi connectivity index (χ0v) is 10.7. The first-order valence-corrected chi connectivity index (χ1v) is 5.95. The van der Waals surface area contributed by atoms with Gasteiger partial charge in [-0.05, 0) is 25.0 Å². The van der Waals surface area contributed by atoms with E-state index in [-0.39, 0.29) is 0 Å². The molecule has 0 spiro atoms. The highest BCUT2D eigenvalue weighted by Gasteiger charge is 1.95. The molecule has 0 fully saturated rings. The van der Waals surface area contributed by atoms with Gasteiger partial charge in [0.25, 0.3) is 0 Å². The number of hydrogen-bond donors (Lipinski definition) is 0. The van der Waals surface area contributed by atoms with E-state index in [4.69, 9.17) is 0 Å². The molecule has 2 nitrogen and oxygen atoms in total. The van der Waals surface area contributed by atoms with Crippen molar-refractivity contribution in [1.29, 1.82) is 0 Å². The second kappa shape index (κ2) is 5.92. The van der Waals surface area contributed by atoms with Crippen LogP contribution in [0.4, 0.5) is 0 Å². The molecule has 0 atom stereocenters. The van der Waals surface area contributed by atoms with Crippen LogP contribution in [0.15, 0.2) is 64.8 Å². The van der Waals surface area contributed by atoms with Crippen molar-refractivity contribution in [3.63, 3.8) is 0 Å². The lowest BCUT2D eigenvalue weighted by Gasteiger charge is -1.98. The second-order valence-corrected chi connectivity index (χ2v) is 4.21. The normalized spacial score (nSPS) is 12.0. The fraction of sp³-hybridized carbons (Fsp3) is 0.125. The smallest absolute Gasteiger partial charge is 0.0671 e. The maximum Gasteiger partial charge on any atom is 0.0671 e. The number of rotatable bonds is 3. The maximum absolute atomic E-state index is 4.21. The van der Waals surface area contributed by atoms with E-state index in [9.17, 15) is 0 Å². The Morgan fingerprint density at radius 2 is 1.61 bits per heavy atom. The molecule has 0 unspecified atom stereocenters. The number of nitrogens with zero attached hydrogens (tertiary/aromatic N) is 2. The molecule has 0 bridgehead atoms. The predicted octanol–water partition coefficient (Wildman–Crippen LogP) is 3.84. The van der Waals surface area contributed by atoms with Crippen LogP contribution in [-0.2, 0) is 0 Å². The molecule has 18 heavy (non-hydrogen) atoms. The lowest BCUT2D eigenvalue weighted by molar-refractivity contribution is 1.24. The van der Waals surface area contributed by atoms with Crippen LogP contribution in [0.5, 0.6) is 0 Å². The molecule has 0 aliphatic heterocycles. The van der Waals surface area contributed by atoms with E-state index < -0.39 is 0 Å². The zero-order valence-electron chi connectivity index (χ0n) is 10.7. The molecule has 2 aromatic rings. The summed E-state index contributed by atoms with van der Waals surface area (Å²) in [5.74, 6) is 0. The van der Waals surface area contributed by atoms with Gasteiger partial charge in [0.05, 0.1) is 11.9 Å². The van der Waals surface area contributed by atoms with E-state index >= 15 is 0 Å². The van der Waals surface area contributed by atoms with E-state index in [2.05, 4.69) is 41.4 Å². The van der Waals surface area contributed by atoms with Gasteiger partial charge in [-0.2, -0.15) is 10.2 Å². The van der Waals surface area contributed by atoms with Gasteiger partial charge < -0.3 is 0 Å². The highest BCUT2D eigenvalue weighted by molar-refractivity contribution is 5.99. The summed E-state index contributed by atoms with van der Waals surface area (Å²) in [6, 6.07) is 18.2. The first-order chi connectivity index (χ1) is 8.75. The van der Waals surface area contributed by atoms with Crippen molar-refractivity contribution in [2.75, 3.05) is 0 Å². The van der Waals surface area contributed by atoms with Gasteiger partial charge in [-0.15, -0.1) is 0 Å². The standard InChI is InChI=1S/C16H16N2/c1-13-8-10-16(11-9-13)14(2)18-17-12-15-6-4-3-5-7-15/h3-12H,1-2H3/b17-12+,18-14-. The minimum atomic E-state index is 0.919. The molecular formula is C16H16N2. The first kappa shape index (κ1) is 12.2. The average Bonchev–Trinajstić information content (AvgIpc) is 2.40. The van der Waals surface area contributed by atoms with Gasteiger partial charge in [0.1, 0.15) is 0 Å². The van der Waals surface area contributed by atoms with Crippen LogP contribution >= 0.6 is 0 Å². The molecule has 0 saturated heterocycles. The SMILES string of the molecule is C/C(=N/N=C/c1ccccc1)c1ccc(C)cc1. The average molecular weight is 236 g/mol. The number of hydrogen-bond acceptors (Lipinski definition) is 2. The highest BCUT2D eigenvalue weighted by Crippen LogP contribution is 2.05. The number of aryl methyl sites for hydroxylation is 1. The third-order valence-corrected chi connectivity index (χ3v) is 2.68. The fourth-order valence-electron chi connectivity index (χ4n) is 1.57. The molecule has 0 saturated carbocycles.